The Kier molecular flexibility index (Phi) is 4.58. The second-order valence-electron chi connectivity index (χ2n) is 4.49. The maximum Gasteiger partial charge on any atom is 0.416 e. The number of aliphatic hydroxyl groups excluding tert-OH is 1. The van der Waals surface area contributed by atoms with Crippen molar-refractivity contribution < 1.29 is 23.0 Å². The fourth-order valence-electron chi connectivity index (χ4n) is 1.88. The molecule has 0 bridgehead atoms. The summed E-state index contributed by atoms with van der Waals surface area (Å²) in [6, 6.07) is 8.74. The SMILES string of the molecule is Cc1cc(Br)ccc1Oc1ccc(CO)c(C(F)(F)F)c1. The Morgan fingerprint density at radius 2 is 1.86 bits per heavy atom. The molecule has 0 radical (unpaired) electrons. The van der Waals surface area contributed by atoms with Gasteiger partial charge in [0.15, 0.2) is 0 Å². The molecule has 0 atom stereocenters. The van der Waals surface area contributed by atoms with Gasteiger partial charge in [-0.1, -0.05) is 22.0 Å². The standard InChI is InChI=1S/C15H12BrF3O2/c1-9-6-11(16)3-5-14(9)21-12-4-2-10(8-20)13(7-12)15(17,18)19/h2-7,20H,8H2,1H3. The van der Waals surface area contributed by atoms with E-state index in [-0.39, 0.29) is 11.3 Å². The van der Waals surface area contributed by atoms with Crippen molar-refractivity contribution >= 4 is 15.9 Å². The highest BCUT2D eigenvalue weighted by Gasteiger charge is 2.33. The molecular weight excluding hydrogens is 349 g/mol. The van der Waals surface area contributed by atoms with E-state index >= 15 is 0 Å². The maximum atomic E-state index is 12.9. The van der Waals surface area contributed by atoms with Crippen LogP contribution in [0.1, 0.15) is 16.7 Å². The summed E-state index contributed by atoms with van der Waals surface area (Å²) >= 11 is 3.31. The largest absolute Gasteiger partial charge is 0.457 e. The minimum atomic E-state index is -4.54. The highest BCUT2D eigenvalue weighted by molar-refractivity contribution is 9.10. The molecule has 0 aliphatic heterocycles. The fourth-order valence-corrected chi connectivity index (χ4v) is 2.35. The van der Waals surface area contributed by atoms with Gasteiger partial charge in [-0.15, -0.1) is 0 Å². The summed E-state index contributed by atoms with van der Waals surface area (Å²) in [5.74, 6) is 0.549. The number of benzene rings is 2. The highest BCUT2D eigenvalue weighted by atomic mass is 79.9. The topological polar surface area (TPSA) is 29.5 Å². The van der Waals surface area contributed by atoms with Gasteiger partial charge in [0.2, 0.25) is 0 Å². The van der Waals surface area contributed by atoms with Crippen molar-refractivity contribution in [3.63, 3.8) is 0 Å². The van der Waals surface area contributed by atoms with Gasteiger partial charge < -0.3 is 9.84 Å². The Labute approximate surface area is 128 Å². The van der Waals surface area contributed by atoms with Crippen LogP contribution >= 0.6 is 15.9 Å². The first-order chi connectivity index (χ1) is 9.81. The third-order valence-electron chi connectivity index (χ3n) is 2.92. The van der Waals surface area contributed by atoms with Crippen molar-refractivity contribution in [1.29, 1.82) is 0 Å². The molecule has 0 aliphatic rings. The monoisotopic (exact) mass is 360 g/mol. The van der Waals surface area contributed by atoms with Crippen molar-refractivity contribution in [3.8, 4) is 11.5 Å². The fraction of sp³-hybridized carbons (Fsp3) is 0.200. The quantitative estimate of drug-likeness (QED) is 0.828. The van der Waals surface area contributed by atoms with Crippen molar-refractivity contribution in [2.45, 2.75) is 19.7 Å². The van der Waals surface area contributed by atoms with Crippen LogP contribution < -0.4 is 4.74 Å². The Hall–Kier alpha value is -1.53. The predicted octanol–water partition coefficient (Wildman–Crippen LogP) is 5.06. The van der Waals surface area contributed by atoms with Gasteiger partial charge in [-0.25, -0.2) is 0 Å². The second kappa shape index (κ2) is 6.07. The average Bonchev–Trinajstić information content (AvgIpc) is 2.41. The molecule has 2 aromatic rings. The molecule has 6 heteroatoms. The zero-order chi connectivity index (χ0) is 15.6. The van der Waals surface area contributed by atoms with Gasteiger partial charge in [0.05, 0.1) is 12.2 Å². The minimum Gasteiger partial charge on any atom is -0.457 e. The van der Waals surface area contributed by atoms with E-state index in [1.807, 2.05) is 6.07 Å². The minimum absolute atomic E-state index is 0.0740. The van der Waals surface area contributed by atoms with Crippen LogP contribution in [0.15, 0.2) is 40.9 Å². The molecule has 0 unspecified atom stereocenters. The smallest absolute Gasteiger partial charge is 0.416 e. The molecule has 112 valence electrons. The molecule has 2 rings (SSSR count). The summed E-state index contributed by atoms with van der Waals surface area (Å²) in [5, 5.41) is 8.99. The molecule has 0 aromatic heterocycles. The van der Waals surface area contributed by atoms with Crippen LogP contribution in [0, 0.1) is 6.92 Å². The number of alkyl halides is 3. The van der Waals surface area contributed by atoms with E-state index < -0.39 is 18.3 Å². The molecule has 2 aromatic carbocycles. The third-order valence-corrected chi connectivity index (χ3v) is 3.42. The Bertz CT molecular complexity index is 654. The van der Waals surface area contributed by atoms with E-state index in [0.29, 0.717) is 5.75 Å². The number of hydrogen-bond acceptors (Lipinski definition) is 2. The normalized spacial score (nSPS) is 11.5. The molecule has 0 fully saturated rings. The van der Waals surface area contributed by atoms with Crippen LogP contribution in [0.5, 0.6) is 11.5 Å². The maximum absolute atomic E-state index is 12.9. The van der Waals surface area contributed by atoms with Crippen LogP contribution in [-0.4, -0.2) is 5.11 Å². The van der Waals surface area contributed by atoms with Gasteiger partial charge >= 0.3 is 6.18 Å². The number of halogens is 4. The number of aryl methyl sites for hydroxylation is 1. The molecule has 0 saturated heterocycles. The predicted molar refractivity (Wildman–Crippen MR) is 76.3 cm³/mol. The first kappa shape index (κ1) is 15.9. The van der Waals surface area contributed by atoms with Crippen molar-refractivity contribution in [1.82, 2.24) is 0 Å². The van der Waals surface area contributed by atoms with Gasteiger partial charge in [0, 0.05) is 4.47 Å². The molecule has 0 saturated carbocycles. The Balaban J connectivity index is 2.37. The molecule has 0 aliphatic carbocycles. The summed E-state index contributed by atoms with van der Waals surface area (Å²) < 4.78 is 45.1. The van der Waals surface area contributed by atoms with Crippen LogP contribution in [0.25, 0.3) is 0 Å². The van der Waals surface area contributed by atoms with Crippen molar-refractivity contribution in [3.05, 3.63) is 57.6 Å². The van der Waals surface area contributed by atoms with E-state index in [9.17, 15) is 13.2 Å². The van der Waals surface area contributed by atoms with E-state index in [1.54, 1.807) is 19.1 Å². The van der Waals surface area contributed by atoms with Gasteiger partial charge in [-0.05, 0) is 48.4 Å². The molecular formula is C15H12BrF3O2. The summed E-state index contributed by atoms with van der Waals surface area (Å²) in [6.45, 7) is 1.12. The van der Waals surface area contributed by atoms with Crippen molar-refractivity contribution in [2.24, 2.45) is 0 Å². The Morgan fingerprint density at radius 3 is 2.43 bits per heavy atom. The molecule has 0 heterocycles. The van der Waals surface area contributed by atoms with Crippen LogP contribution in [0.3, 0.4) is 0 Å². The second-order valence-corrected chi connectivity index (χ2v) is 5.40. The van der Waals surface area contributed by atoms with E-state index in [0.717, 1.165) is 16.1 Å². The van der Waals surface area contributed by atoms with Crippen LogP contribution in [-0.2, 0) is 12.8 Å². The number of rotatable bonds is 3. The summed E-state index contributed by atoms with van der Waals surface area (Å²) in [6.07, 6.45) is -4.54. The first-order valence-corrected chi connectivity index (χ1v) is 6.85. The van der Waals surface area contributed by atoms with Crippen LogP contribution in [0.4, 0.5) is 13.2 Å². The van der Waals surface area contributed by atoms with Gasteiger partial charge in [0.1, 0.15) is 11.5 Å². The average molecular weight is 361 g/mol. The van der Waals surface area contributed by atoms with Gasteiger partial charge in [0.25, 0.3) is 0 Å². The lowest BCUT2D eigenvalue weighted by Gasteiger charge is -2.14. The van der Waals surface area contributed by atoms with Gasteiger partial charge in [-0.2, -0.15) is 13.2 Å². The highest BCUT2D eigenvalue weighted by Crippen LogP contribution is 2.36. The van der Waals surface area contributed by atoms with E-state index in [2.05, 4.69) is 15.9 Å². The third kappa shape index (κ3) is 3.77. The number of hydrogen-bond donors (Lipinski definition) is 1. The first-order valence-electron chi connectivity index (χ1n) is 6.06. The zero-order valence-corrected chi connectivity index (χ0v) is 12.6. The lowest BCUT2D eigenvalue weighted by atomic mass is 10.1. The summed E-state index contributed by atoms with van der Waals surface area (Å²) in [7, 11) is 0. The van der Waals surface area contributed by atoms with Crippen molar-refractivity contribution in [2.75, 3.05) is 0 Å². The zero-order valence-electron chi connectivity index (χ0n) is 11.0. The molecule has 1 N–H and O–H groups in total. The summed E-state index contributed by atoms with van der Waals surface area (Å²) in [4.78, 5) is 0. The summed E-state index contributed by atoms with van der Waals surface area (Å²) in [5.41, 5.74) is -0.274. The Morgan fingerprint density at radius 1 is 1.14 bits per heavy atom. The molecule has 2 nitrogen and oxygen atoms in total. The lowest BCUT2D eigenvalue weighted by Crippen LogP contribution is -2.09. The molecule has 0 spiro atoms. The molecule has 21 heavy (non-hydrogen) atoms. The van der Waals surface area contributed by atoms with Gasteiger partial charge in [-0.3, -0.25) is 0 Å². The van der Waals surface area contributed by atoms with E-state index in [4.69, 9.17) is 9.84 Å². The number of ether oxygens (including phenoxy) is 1. The van der Waals surface area contributed by atoms with E-state index in [1.165, 1.54) is 12.1 Å². The number of aliphatic hydroxyl groups is 1. The molecule has 0 amide bonds. The lowest BCUT2D eigenvalue weighted by molar-refractivity contribution is -0.138. The van der Waals surface area contributed by atoms with Crippen LogP contribution in [0.2, 0.25) is 0 Å².